The number of carbonyl (C=O) groups excluding carboxylic acids is 1. The first-order chi connectivity index (χ1) is 40.8. The van der Waals surface area contributed by atoms with Gasteiger partial charge in [-0.3, -0.25) is 34.3 Å². The Morgan fingerprint density at radius 3 is 1.60 bits per heavy atom. The molecule has 13 heterocycles. The van der Waals surface area contributed by atoms with E-state index in [9.17, 15) is 19.2 Å². The molecule has 1 amide bonds. The number of ether oxygens (including phenoxy) is 1. The van der Waals surface area contributed by atoms with Gasteiger partial charge in [-0.15, -0.1) is 34.0 Å². The summed E-state index contributed by atoms with van der Waals surface area (Å²) in [5.74, 6) is -0.402. The van der Waals surface area contributed by atoms with Gasteiger partial charge in [-0.1, -0.05) is 23.2 Å². The summed E-state index contributed by atoms with van der Waals surface area (Å²) >= 11 is 16.1. The number of nitrogens with two attached hydrogens (primary N) is 2. The molecule has 21 nitrogen and oxygen atoms in total. The fraction of sp³-hybridized carbons (Fsp3) is 0.103. The summed E-state index contributed by atoms with van der Waals surface area (Å²) in [6.07, 6.45) is 15.8. The summed E-state index contributed by atoms with van der Waals surface area (Å²) in [6, 6.07) is 29.0. The normalized spacial score (nSPS) is 10.7. The monoisotopic (exact) mass is 1220 g/mol. The van der Waals surface area contributed by atoms with Crippen LogP contribution in [0.3, 0.4) is 0 Å². The predicted octanol–water partition coefficient (Wildman–Crippen LogP) is 10.7. The van der Waals surface area contributed by atoms with E-state index in [1.165, 1.54) is 23.3 Å². The third kappa shape index (κ3) is 15.7. The van der Waals surface area contributed by atoms with E-state index < -0.39 is 11.9 Å². The standard InChI is InChI=1S/C22H17N5O2S.C14H7ClN4OS.C8H5NO2S.C8H11NO.C6H6ClN3O/c28-22-20-16(25-21(27-22)17-12-15-7-11-30-18(15)13-24-17)3-4-19(26-20)29-10-1-2-14-5-8-23-9-6-14;15-11-2-1-8-12(18-11)14(20)19-13(17-8)9-5-7-3-4-21-10(7)6-16-9;10-8(11)6-3-5-1-2-12-7(5)4-9-6;10-7-1-2-8-3-5-9-6-4-8;7-4-2-1-3(8)5(10-4)6(9)11/h3-9,11-13H,1-2,10H2,(H,25,27,28);1-6H,(H,17,19,20);1-4H,(H,10,11);3-6,10H,1-2,7H2;1-2H,8H2,(H2,9,11). The number of rotatable bonds is 12. The van der Waals surface area contributed by atoms with Gasteiger partial charge in [0.05, 0.1) is 37.4 Å². The minimum atomic E-state index is -0.983. The molecule has 0 fully saturated rings. The third-order valence-electron chi connectivity index (χ3n) is 11.9. The van der Waals surface area contributed by atoms with Crippen LogP contribution in [0.25, 0.3) is 75.4 Å². The van der Waals surface area contributed by atoms with Crippen LogP contribution in [-0.4, -0.2) is 95.1 Å². The molecule has 13 aromatic rings. The molecule has 26 heteroatoms. The second kappa shape index (κ2) is 28.4. The molecule has 0 aliphatic carbocycles. The highest BCUT2D eigenvalue weighted by atomic mass is 35.5. The van der Waals surface area contributed by atoms with E-state index in [2.05, 4.69) is 59.8 Å². The number of aromatic amines is 2. The zero-order valence-electron chi connectivity index (χ0n) is 43.8. The molecule has 0 spiro atoms. The number of nitrogen functional groups attached to an aromatic ring is 1. The Balaban J connectivity index is 0.000000136. The fourth-order valence-corrected chi connectivity index (χ4v) is 10.3. The molecule has 0 radical (unpaired) electrons. The van der Waals surface area contributed by atoms with Gasteiger partial charge in [0.15, 0.2) is 28.4 Å². The number of thiophene rings is 3. The second-order valence-electron chi connectivity index (χ2n) is 17.7. The number of fused-ring (bicyclic) bond motifs is 5. The molecule has 0 unspecified atom stereocenters. The lowest BCUT2D eigenvalue weighted by atomic mass is 10.1. The average molecular weight is 1220 g/mol. The number of H-pyrrole nitrogens is 2. The quantitative estimate of drug-likeness (QED) is 0.0489. The molecule has 0 aromatic carbocycles. The molecule has 8 N–H and O–H groups in total. The smallest absolute Gasteiger partial charge is 0.354 e. The minimum absolute atomic E-state index is 0.0116. The lowest BCUT2D eigenvalue weighted by Crippen LogP contribution is -2.15. The van der Waals surface area contributed by atoms with Gasteiger partial charge in [-0.25, -0.2) is 34.7 Å². The van der Waals surface area contributed by atoms with E-state index in [4.69, 9.17) is 49.6 Å². The van der Waals surface area contributed by atoms with Crippen molar-refractivity contribution >= 4 is 127 Å². The number of carboxylic acid groups (broad SMARTS) is 1. The molecule has 0 aliphatic heterocycles. The molecule has 422 valence electrons. The molecular weight excluding hydrogens is 1170 g/mol. The van der Waals surface area contributed by atoms with Gasteiger partial charge >= 0.3 is 5.97 Å². The number of aromatic nitrogens is 12. The molecule has 0 saturated carbocycles. The number of aromatic carboxylic acids is 1. The van der Waals surface area contributed by atoms with Crippen LogP contribution in [0.4, 0.5) is 5.69 Å². The number of carboxylic acids is 1. The van der Waals surface area contributed by atoms with E-state index >= 15 is 0 Å². The number of nitrogens with zero attached hydrogens (tertiary/aromatic N) is 10. The number of anilines is 1. The zero-order chi connectivity index (χ0) is 59.0. The van der Waals surface area contributed by atoms with E-state index in [1.807, 2.05) is 70.7 Å². The van der Waals surface area contributed by atoms with Crippen molar-refractivity contribution in [2.24, 2.45) is 5.73 Å². The number of pyridine rings is 8. The minimum Gasteiger partial charge on any atom is -0.478 e. The van der Waals surface area contributed by atoms with Crippen LogP contribution in [0.5, 0.6) is 5.88 Å². The maximum Gasteiger partial charge on any atom is 0.354 e. The van der Waals surface area contributed by atoms with Crippen LogP contribution in [0.15, 0.2) is 166 Å². The van der Waals surface area contributed by atoms with Gasteiger partial charge in [0.2, 0.25) is 5.88 Å². The van der Waals surface area contributed by atoms with Gasteiger partial charge in [0.25, 0.3) is 17.0 Å². The molecule has 84 heavy (non-hydrogen) atoms. The Hall–Kier alpha value is -9.56. The summed E-state index contributed by atoms with van der Waals surface area (Å²) in [7, 11) is 0. The number of primary amides is 1. The van der Waals surface area contributed by atoms with Crippen LogP contribution in [-0.2, 0) is 12.8 Å². The summed E-state index contributed by atoms with van der Waals surface area (Å²) in [5, 5.41) is 26.6. The topological polar surface area (TPSA) is 330 Å². The molecule has 0 saturated heterocycles. The number of aliphatic hydroxyl groups excluding tert-OH is 1. The Morgan fingerprint density at radius 2 is 1.07 bits per heavy atom. The van der Waals surface area contributed by atoms with E-state index in [0.29, 0.717) is 46.6 Å². The molecule has 13 aromatic heterocycles. The molecule has 0 bridgehead atoms. The fourth-order valence-electron chi connectivity index (χ4n) is 7.79. The zero-order valence-corrected chi connectivity index (χ0v) is 47.8. The number of hydrogen-bond donors (Lipinski definition) is 6. The maximum absolute atomic E-state index is 12.6. The number of aliphatic hydroxyl groups is 1. The molecule has 0 aliphatic rings. The van der Waals surface area contributed by atoms with Crippen molar-refractivity contribution in [3.8, 4) is 28.9 Å². The lowest BCUT2D eigenvalue weighted by molar-refractivity contribution is 0.0690. The van der Waals surface area contributed by atoms with Gasteiger partial charge in [0.1, 0.15) is 27.4 Å². The van der Waals surface area contributed by atoms with Crippen molar-refractivity contribution in [2.45, 2.75) is 25.7 Å². The van der Waals surface area contributed by atoms with Crippen molar-refractivity contribution in [1.82, 2.24) is 59.8 Å². The van der Waals surface area contributed by atoms with E-state index in [-0.39, 0.29) is 56.1 Å². The first-order valence-corrected chi connectivity index (χ1v) is 28.6. The number of amides is 1. The SMILES string of the molecule is NC(=O)c1nc(Cl)ccc1N.O=C(O)c1cc2ccsc2cn1.O=c1[nH]c(-c2cc3ccsc3cn2)nc2ccc(Cl)nc12.O=c1[nH]c(-c2cc3ccsc3cn2)nc2ccc(OCCCc3ccncc3)nc12.OCCCc1ccncc1. The highest BCUT2D eigenvalue weighted by Gasteiger charge is 2.13. The van der Waals surface area contributed by atoms with Crippen molar-refractivity contribution in [2.75, 3.05) is 18.9 Å². The highest BCUT2D eigenvalue weighted by Crippen LogP contribution is 2.26. The summed E-state index contributed by atoms with van der Waals surface area (Å²) in [5.41, 5.74) is 15.2. The number of carbonyl (C=O) groups is 2. The number of aryl methyl sites for hydroxylation is 2. The van der Waals surface area contributed by atoms with E-state index in [0.717, 1.165) is 55.9 Å². The largest absolute Gasteiger partial charge is 0.478 e. The van der Waals surface area contributed by atoms with Gasteiger partial charge < -0.3 is 36.4 Å². The third-order valence-corrected chi connectivity index (χ3v) is 14.9. The van der Waals surface area contributed by atoms with Gasteiger partial charge in [0, 0.05) is 56.1 Å². The Labute approximate surface area is 497 Å². The summed E-state index contributed by atoms with van der Waals surface area (Å²) < 4.78 is 8.93. The number of nitrogens with one attached hydrogen (secondary N) is 2. The summed E-state index contributed by atoms with van der Waals surface area (Å²) in [6.45, 7) is 0.775. The van der Waals surface area contributed by atoms with Gasteiger partial charge in [-0.2, -0.15) is 0 Å². The highest BCUT2D eigenvalue weighted by molar-refractivity contribution is 7.17. The van der Waals surface area contributed by atoms with Crippen LogP contribution < -0.4 is 27.3 Å². The van der Waals surface area contributed by atoms with Crippen molar-refractivity contribution < 1.29 is 24.5 Å². The van der Waals surface area contributed by atoms with Crippen LogP contribution in [0, 0.1) is 0 Å². The number of halogens is 2. The Morgan fingerprint density at radius 1 is 0.583 bits per heavy atom. The Bertz CT molecular complexity index is 4530. The first-order valence-electron chi connectivity index (χ1n) is 25.2. The summed E-state index contributed by atoms with van der Waals surface area (Å²) in [4.78, 5) is 92.7. The number of hydrogen-bond acceptors (Lipinski definition) is 20. The van der Waals surface area contributed by atoms with Gasteiger partial charge in [-0.05, 0) is 160 Å². The predicted molar refractivity (Wildman–Crippen MR) is 329 cm³/mol. The van der Waals surface area contributed by atoms with Crippen molar-refractivity contribution in [1.29, 1.82) is 0 Å². The molecule has 13 rings (SSSR count). The van der Waals surface area contributed by atoms with Crippen molar-refractivity contribution in [3.05, 3.63) is 210 Å². The van der Waals surface area contributed by atoms with Crippen LogP contribution >= 0.6 is 57.2 Å². The second-order valence-corrected chi connectivity index (χ2v) is 21.3. The first kappa shape index (κ1) is 59.1. The Kier molecular flexibility index (Phi) is 20.0. The van der Waals surface area contributed by atoms with Crippen molar-refractivity contribution in [3.63, 3.8) is 0 Å². The molecular formula is C58H46Cl2N14O7S3. The van der Waals surface area contributed by atoms with Crippen LogP contribution in [0.1, 0.15) is 44.9 Å². The molecule has 0 atom stereocenters. The van der Waals surface area contributed by atoms with Crippen LogP contribution in [0.2, 0.25) is 10.3 Å². The average Bonchev–Trinajstić information content (AvgIpc) is 2.80. The lowest BCUT2D eigenvalue weighted by Gasteiger charge is -2.07. The maximum atomic E-state index is 12.6. The van der Waals surface area contributed by atoms with E-state index in [1.54, 1.807) is 108 Å².